The number of hydrogen-bond acceptors (Lipinski definition) is 4. The fourth-order valence-corrected chi connectivity index (χ4v) is 2.48. The van der Waals surface area contributed by atoms with Crippen LogP contribution in [0.4, 0.5) is 0 Å². The van der Waals surface area contributed by atoms with Crippen molar-refractivity contribution < 1.29 is 14.3 Å². The smallest absolute Gasteiger partial charge is 0.227 e. The molecule has 8 heteroatoms. The van der Waals surface area contributed by atoms with Crippen LogP contribution in [0.5, 0.6) is 5.75 Å². The van der Waals surface area contributed by atoms with Gasteiger partial charge < -0.3 is 25.4 Å². The maximum absolute atomic E-state index is 12.1. The van der Waals surface area contributed by atoms with Crippen molar-refractivity contribution in [3.05, 3.63) is 29.3 Å². The zero-order valence-corrected chi connectivity index (χ0v) is 20.9. The Balaban J connectivity index is 0.00000784. The Hall–Kier alpha value is -1.55. The zero-order valence-electron chi connectivity index (χ0n) is 18.6. The van der Waals surface area contributed by atoms with Crippen molar-refractivity contribution in [2.24, 2.45) is 10.4 Å². The largest absolute Gasteiger partial charge is 0.491 e. The van der Waals surface area contributed by atoms with Crippen LogP contribution in [0.15, 0.2) is 23.2 Å². The van der Waals surface area contributed by atoms with Crippen LogP contribution in [-0.4, -0.2) is 51.8 Å². The molecule has 0 aromatic heterocycles. The molecule has 166 valence electrons. The molecule has 0 aliphatic rings. The van der Waals surface area contributed by atoms with Crippen molar-refractivity contribution in [1.82, 2.24) is 16.0 Å². The van der Waals surface area contributed by atoms with Gasteiger partial charge in [0.05, 0.1) is 12.0 Å². The summed E-state index contributed by atoms with van der Waals surface area (Å²) in [6.07, 6.45) is 0. The highest BCUT2D eigenvalue weighted by Gasteiger charge is 2.27. The number of aliphatic imine (C=N–C) groups is 1. The topological polar surface area (TPSA) is 84.0 Å². The van der Waals surface area contributed by atoms with Gasteiger partial charge in [-0.05, 0) is 46.2 Å². The summed E-state index contributed by atoms with van der Waals surface area (Å²) in [6.45, 7) is 13.1. The van der Waals surface area contributed by atoms with Gasteiger partial charge in [0.1, 0.15) is 12.4 Å². The molecule has 1 rings (SSSR count). The van der Waals surface area contributed by atoms with E-state index >= 15 is 0 Å². The Labute approximate surface area is 192 Å². The number of rotatable bonds is 11. The third kappa shape index (κ3) is 10.2. The molecule has 0 saturated heterocycles. The number of aryl methyl sites for hydroxylation is 1. The highest BCUT2D eigenvalue weighted by atomic mass is 127. The predicted octanol–water partition coefficient (Wildman–Crippen LogP) is 2.86. The monoisotopic (exact) mass is 520 g/mol. The van der Waals surface area contributed by atoms with Crippen LogP contribution < -0.4 is 20.7 Å². The number of carbonyl (C=O) groups is 1. The SMILES string of the molecule is CCNC(=O)C(C)(C)CNC(=NC)NCc1ccc(C)cc1OCCOCC.I. The second-order valence-corrected chi connectivity index (χ2v) is 7.18. The van der Waals surface area contributed by atoms with Gasteiger partial charge in [0.25, 0.3) is 0 Å². The number of ether oxygens (including phenoxy) is 2. The van der Waals surface area contributed by atoms with E-state index in [-0.39, 0.29) is 29.9 Å². The van der Waals surface area contributed by atoms with E-state index in [1.165, 1.54) is 0 Å². The van der Waals surface area contributed by atoms with Crippen LogP contribution in [0.2, 0.25) is 0 Å². The summed E-state index contributed by atoms with van der Waals surface area (Å²) in [5.74, 6) is 1.49. The minimum atomic E-state index is -0.537. The van der Waals surface area contributed by atoms with Gasteiger partial charge in [0.15, 0.2) is 5.96 Å². The summed E-state index contributed by atoms with van der Waals surface area (Å²) in [7, 11) is 1.71. The lowest BCUT2D eigenvalue weighted by molar-refractivity contribution is -0.128. The molecule has 0 saturated carbocycles. The van der Waals surface area contributed by atoms with Crippen LogP contribution >= 0.6 is 24.0 Å². The van der Waals surface area contributed by atoms with E-state index in [1.54, 1.807) is 7.05 Å². The number of nitrogens with zero attached hydrogens (tertiary/aromatic N) is 1. The summed E-state index contributed by atoms with van der Waals surface area (Å²) in [5, 5.41) is 9.37. The van der Waals surface area contributed by atoms with E-state index in [1.807, 2.05) is 46.8 Å². The summed E-state index contributed by atoms with van der Waals surface area (Å²) >= 11 is 0. The minimum Gasteiger partial charge on any atom is -0.491 e. The third-order valence-corrected chi connectivity index (χ3v) is 4.23. The first-order valence-corrected chi connectivity index (χ1v) is 9.87. The molecule has 0 aliphatic heterocycles. The number of benzene rings is 1. The van der Waals surface area contributed by atoms with Gasteiger partial charge in [-0.2, -0.15) is 0 Å². The van der Waals surface area contributed by atoms with Crippen LogP contribution in [0.3, 0.4) is 0 Å². The molecule has 1 amide bonds. The molecule has 7 nitrogen and oxygen atoms in total. The number of carbonyl (C=O) groups excluding carboxylic acids is 1. The maximum atomic E-state index is 12.1. The molecule has 0 bridgehead atoms. The third-order valence-electron chi connectivity index (χ3n) is 4.23. The molecule has 1 aromatic rings. The van der Waals surface area contributed by atoms with Gasteiger partial charge in [-0.15, -0.1) is 24.0 Å². The molecule has 0 radical (unpaired) electrons. The number of amides is 1. The molecule has 3 N–H and O–H groups in total. The second-order valence-electron chi connectivity index (χ2n) is 7.18. The van der Waals surface area contributed by atoms with Gasteiger partial charge in [0.2, 0.25) is 5.91 Å². The number of hydrogen-bond donors (Lipinski definition) is 3. The number of halogens is 1. The Bertz CT molecular complexity index is 651. The molecule has 1 aromatic carbocycles. The molecular weight excluding hydrogens is 483 g/mol. The molecule has 0 heterocycles. The van der Waals surface area contributed by atoms with Crippen LogP contribution in [0, 0.1) is 12.3 Å². The van der Waals surface area contributed by atoms with Gasteiger partial charge in [-0.1, -0.05) is 12.1 Å². The molecule has 0 spiro atoms. The van der Waals surface area contributed by atoms with Crippen molar-refractivity contribution in [3.8, 4) is 5.75 Å². The highest BCUT2D eigenvalue weighted by Crippen LogP contribution is 2.20. The number of guanidine groups is 1. The Morgan fingerprint density at radius 1 is 1.14 bits per heavy atom. The van der Waals surface area contributed by atoms with E-state index in [0.29, 0.717) is 45.4 Å². The lowest BCUT2D eigenvalue weighted by atomic mass is 9.92. The first kappa shape index (κ1) is 27.5. The first-order chi connectivity index (χ1) is 13.3. The van der Waals surface area contributed by atoms with E-state index in [0.717, 1.165) is 16.9 Å². The fraction of sp³-hybridized carbons (Fsp3) is 0.619. The summed E-state index contributed by atoms with van der Waals surface area (Å²) in [4.78, 5) is 16.4. The van der Waals surface area contributed by atoms with Gasteiger partial charge in [-0.3, -0.25) is 9.79 Å². The highest BCUT2D eigenvalue weighted by molar-refractivity contribution is 14.0. The molecule has 0 aliphatic carbocycles. The van der Waals surface area contributed by atoms with Crippen molar-refractivity contribution in [1.29, 1.82) is 0 Å². The fourth-order valence-electron chi connectivity index (χ4n) is 2.48. The lowest BCUT2D eigenvalue weighted by Crippen LogP contribution is -2.47. The van der Waals surface area contributed by atoms with E-state index in [2.05, 4.69) is 27.0 Å². The van der Waals surface area contributed by atoms with Crippen LogP contribution in [0.1, 0.15) is 38.8 Å². The van der Waals surface area contributed by atoms with Crippen molar-refractivity contribution in [2.45, 2.75) is 41.2 Å². The normalized spacial score (nSPS) is 11.4. The summed E-state index contributed by atoms with van der Waals surface area (Å²) in [5.41, 5.74) is 1.64. The lowest BCUT2D eigenvalue weighted by Gasteiger charge is -2.25. The van der Waals surface area contributed by atoms with Crippen LogP contribution in [0.25, 0.3) is 0 Å². The van der Waals surface area contributed by atoms with E-state index in [4.69, 9.17) is 9.47 Å². The van der Waals surface area contributed by atoms with Crippen molar-refractivity contribution >= 4 is 35.8 Å². The average Bonchev–Trinajstić information content (AvgIpc) is 2.66. The van der Waals surface area contributed by atoms with Crippen LogP contribution in [-0.2, 0) is 16.1 Å². The van der Waals surface area contributed by atoms with Crippen molar-refractivity contribution in [2.75, 3.05) is 40.0 Å². The van der Waals surface area contributed by atoms with Gasteiger partial charge in [0, 0.05) is 38.9 Å². The second kappa shape index (κ2) is 14.4. The van der Waals surface area contributed by atoms with E-state index < -0.39 is 5.41 Å². The maximum Gasteiger partial charge on any atom is 0.227 e. The molecular formula is C21H37IN4O3. The summed E-state index contributed by atoms with van der Waals surface area (Å²) < 4.78 is 11.2. The predicted molar refractivity (Wildman–Crippen MR) is 129 cm³/mol. The number of nitrogens with one attached hydrogen (secondary N) is 3. The van der Waals surface area contributed by atoms with E-state index in [9.17, 15) is 4.79 Å². The Morgan fingerprint density at radius 3 is 2.48 bits per heavy atom. The zero-order chi connectivity index (χ0) is 21.0. The molecule has 0 unspecified atom stereocenters. The Morgan fingerprint density at radius 2 is 1.86 bits per heavy atom. The molecule has 29 heavy (non-hydrogen) atoms. The average molecular weight is 520 g/mol. The molecule has 0 fully saturated rings. The van der Waals surface area contributed by atoms with Crippen molar-refractivity contribution in [3.63, 3.8) is 0 Å². The first-order valence-electron chi connectivity index (χ1n) is 9.87. The summed E-state index contributed by atoms with van der Waals surface area (Å²) in [6, 6.07) is 6.13. The van der Waals surface area contributed by atoms with Gasteiger partial charge in [-0.25, -0.2) is 0 Å². The Kier molecular flexibility index (Phi) is 13.7. The quantitative estimate of drug-likeness (QED) is 0.181. The molecule has 0 atom stereocenters. The minimum absolute atomic E-state index is 0. The van der Waals surface area contributed by atoms with Gasteiger partial charge >= 0.3 is 0 Å². The standard InChI is InChI=1S/C21H36N4O3.HI/c1-7-23-19(26)21(4,5)15-25-20(22-6)24-14-17-10-9-16(3)13-18(17)28-12-11-27-8-2;/h9-10,13H,7-8,11-12,14-15H2,1-6H3,(H,23,26)(H2,22,24,25);1H.